The van der Waals surface area contributed by atoms with Gasteiger partial charge in [-0.15, -0.1) is 5.10 Å². The van der Waals surface area contributed by atoms with Gasteiger partial charge in [-0.3, -0.25) is 4.79 Å². The van der Waals surface area contributed by atoms with Gasteiger partial charge in [0.25, 0.3) is 5.91 Å². The van der Waals surface area contributed by atoms with Crippen LogP contribution in [-0.4, -0.2) is 58.4 Å². The van der Waals surface area contributed by atoms with Gasteiger partial charge in [0, 0.05) is 24.0 Å². The molecule has 138 valence electrons. The molecule has 0 unspecified atom stereocenters. The highest BCUT2D eigenvalue weighted by Crippen LogP contribution is 2.27. The molecule has 1 aromatic carbocycles. The predicted molar refractivity (Wildman–Crippen MR) is 95.4 cm³/mol. The van der Waals surface area contributed by atoms with Crippen LogP contribution >= 0.6 is 11.6 Å². The molecule has 1 aromatic heterocycles. The predicted octanol–water partition coefficient (Wildman–Crippen LogP) is 2.45. The van der Waals surface area contributed by atoms with Crippen molar-refractivity contribution in [2.75, 3.05) is 26.3 Å². The summed E-state index contributed by atoms with van der Waals surface area (Å²) in [4.78, 5) is 14.7. The van der Waals surface area contributed by atoms with Crippen molar-refractivity contribution >= 4 is 17.5 Å². The lowest BCUT2D eigenvalue weighted by Crippen LogP contribution is -2.41. The Kier molecular flexibility index (Phi) is 4.93. The van der Waals surface area contributed by atoms with E-state index in [0.717, 1.165) is 18.5 Å². The molecule has 0 atom stereocenters. The van der Waals surface area contributed by atoms with E-state index in [2.05, 4.69) is 10.3 Å². The van der Waals surface area contributed by atoms with E-state index in [4.69, 9.17) is 21.1 Å². The van der Waals surface area contributed by atoms with Crippen molar-refractivity contribution in [3.63, 3.8) is 0 Å². The Morgan fingerprint density at radius 2 is 1.96 bits per heavy atom. The van der Waals surface area contributed by atoms with Crippen LogP contribution in [-0.2, 0) is 9.47 Å². The summed E-state index contributed by atoms with van der Waals surface area (Å²) in [6.45, 7) is 4.53. The van der Waals surface area contributed by atoms with Gasteiger partial charge >= 0.3 is 0 Å². The van der Waals surface area contributed by atoms with Gasteiger partial charge < -0.3 is 14.4 Å². The average molecular weight is 377 g/mol. The van der Waals surface area contributed by atoms with E-state index in [9.17, 15) is 4.79 Å². The summed E-state index contributed by atoms with van der Waals surface area (Å²) in [5.74, 6) is 0.271. The molecule has 2 saturated heterocycles. The van der Waals surface area contributed by atoms with Crippen LogP contribution in [0.25, 0.3) is 5.69 Å². The highest BCUT2D eigenvalue weighted by molar-refractivity contribution is 6.30. The number of carbonyl (C=O) groups is 1. The van der Waals surface area contributed by atoms with Gasteiger partial charge in [-0.2, -0.15) is 0 Å². The number of amides is 1. The highest BCUT2D eigenvalue weighted by Gasteiger charge is 2.33. The molecule has 1 amide bonds. The second-order valence-electron chi connectivity index (χ2n) is 6.65. The largest absolute Gasteiger partial charge is 0.350 e. The van der Waals surface area contributed by atoms with Gasteiger partial charge in [0.1, 0.15) is 0 Å². The van der Waals surface area contributed by atoms with Crippen molar-refractivity contribution in [3.05, 3.63) is 40.7 Å². The molecular weight excluding hydrogens is 356 g/mol. The number of rotatable bonds is 3. The number of piperidine rings is 1. The van der Waals surface area contributed by atoms with E-state index in [1.807, 2.05) is 24.0 Å². The quantitative estimate of drug-likeness (QED) is 0.823. The lowest BCUT2D eigenvalue weighted by Gasteiger charge is -2.33. The monoisotopic (exact) mass is 376 g/mol. The summed E-state index contributed by atoms with van der Waals surface area (Å²) in [5.41, 5.74) is 1.88. The fourth-order valence-electron chi connectivity index (χ4n) is 3.55. The lowest BCUT2D eigenvalue weighted by molar-refractivity contribution is -0.0956. The molecule has 8 heteroatoms. The summed E-state index contributed by atoms with van der Waals surface area (Å²) in [7, 11) is 0. The molecule has 7 nitrogen and oxygen atoms in total. The number of hydrogen-bond acceptors (Lipinski definition) is 5. The molecule has 4 rings (SSSR count). The van der Waals surface area contributed by atoms with E-state index < -0.39 is 0 Å². The van der Waals surface area contributed by atoms with Crippen LogP contribution in [0.5, 0.6) is 0 Å². The smallest absolute Gasteiger partial charge is 0.276 e. The number of ether oxygens (including phenoxy) is 2. The Labute approximate surface area is 156 Å². The minimum Gasteiger partial charge on any atom is -0.350 e. The van der Waals surface area contributed by atoms with E-state index in [1.165, 1.54) is 0 Å². The molecule has 26 heavy (non-hydrogen) atoms. The third kappa shape index (κ3) is 3.34. The fraction of sp³-hybridized carbons (Fsp3) is 0.500. The standard InChI is InChI=1S/C18H21ClN4O3/c1-12-16(20-21-23(12)15-4-2-3-14(19)11-15)17(24)22-7-5-13(6-8-22)18-25-9-10-26-18/h2-4,11,13,18H,5-10H2,1H3. The van der Waals surface area contributed by atoms with E-state index in [-0.39, 0.29) is 12.2 Å². The Balaban J connectivity index is 1.46. The van der Waals surface area contributed by atoms with Crippen molar-refractivity contribution in [1.82, 2.24) is 19.9 Å². The lowest BCUT2D eigenvalue weighted by atomic mass is 9.96. The van der Waals surface area contributed by atoms with Crippen molar-refractivity contribution in [3.8, 4) is 5.69 Å². The minimum absolute atomic E-state index is 0.0810. The third-order valence-corrected chi connectivity index (χ3v) is 5.24. The topological polar surface area (TPSA) is 69.5 Å². The zero-order valence-electron chi connectivity index (χ0n) is 14.6. The number of benzene rings is 1. The Bertz CT molecular complexity index is 795. The second-order valence-corrected chi connectivity index (χ2v) is 7.09. The van der Waals surface area contributed by atoms with Crippen molar-refractivity contribution < 1.29 is 14.3 Å². The molecule has 2 aliphatic rings. The molecule has 2 fully saturated rings. The number of likely N-dealkylation sites (tertiary alicyclic amines) is 1. The van der Waals surface area contributed by atoms with E-state index >= 15 is 0 Å². The average Bonchev–Trinajstić information content (AvgIpc) is 3.31. The molecule has 3 heterocycles. The van der Waals surface area contributed by atoms with Crippen molar-refractivity contribution in [1.29, 1.82) is 0 Å². The van der Waals surface area contributed by atoms with Gasteiger partial charge in [-0.05, 0) is 38.0 Å². The van der Waals surface area contributed by atoms with Crippen LogP contribution < -0.4 is 0 Å². The van der Waals surface area contributed by atoms with Gasteiger partial charge in [-0.25, -0.2) is 4.68 Å². The second kappa shape index (κ2) is 7.34. The van der Waals surface area contributed by atoms with Crippen LogP contribution in [0, 0.1) is 12.8 Å². The SMILES string of the molecule is Cc1c(C(=O)N2CCC(C3OCCO3)CC2)nnn1-c1cccc(Cl)c1. The molecule has 0 saturated carbocycles. The van der Waals surface area contributed by atoms with Gasteiger partial charge in [-0.1, -0.05) is 22.9 Å². The van der Waals surface area contributed by atoms with Crippen molar-refractivity contribution in [2.24, 2.45) is 5.92 Å². The van der Waals surface area contributed by atoms with Crippen LogP contribution in [0.2, 0.25) is 5.02 Å². The summed E-state index contributed by atoms with van der Waals surface area (Å²) < 4.78 is 12.8. The number of hydrogen-bond donors (Lipinski definition) is 0. The molecule has 0 N–H and O–H groups in total. The maximum atomic E-state index is 12.9. The first kappa shape index (κ1) is 17.5. The Hall–Kier alpha value is -1.96. The first-order valence-corrected chi connectivity index (χ1v) is 9.22. The maximum Gasteiger partial charge on any atom is 0.276 e. The van der Waals surface area contributed by atoms with Crippen LogP contribution in [0.3, 0.4) is 0 Å². The summed E-state index contributed by atoms with van der Waals surface area (Å²) >= 11 is 6.05. The summed E-state index contributed by atoms with van der Waals surface area (Å²) in [6, 6.07) is 7.32. The first-order chi connectivity index (χ1) is 12.6. The van der Waals surface area contributed by atoms with Crippen LogP contribution in [0.1, 0.15) is 29.0 Å². The Morgan fingerprint density at radius 3 is 2.65 bits per heavy atom. The molecule has 2 aliphatic heterocycles. The maximum absolute atomic E-state index is 12.9. The fourth-order valence-corrected chi connectivity index (χ4v) is 3.74. The van der Waals surface area contributed by atoms with E-state index in [1.54, 1.807) is 16.8 Å². The van der Waals surface area contributed by atoms with Crippen LogP contribution in [0.15, 0.2) is 24.3 Å². The Morgan fingerprint density at radius 1 is 1.23 bits per heavy atom. The third-order valence-electron chi connectivity index (χ3n) is 5.01. The van der Waals surface area contributed by atoms with Crippen molar-refractivity contribution in [2.45, 2.75) is 26.1 Å². The number of halogens is 1. The normalized spacial score (nSPS) is 19.2. The zero-order chi connectivity index (χ0) is 18.1. The summed E-state index contributed by atoms with van der Waals surface area (Å²) in [6.07, 6.45) is 1.63. The summed E-state index contributed by atoms with van der Waals surface area (Å²) in [5, 5.41) is 8.88. The highest BCUT2D eigenvalue weighted by atomic mass is 35.5. The number of aromatic nitrogens is 3. The molecule has 0 bridgehead atoms. The van der Waals surface area contributed by atoms with Gasteiger partial charge in [0.05, 0.1) is 24.6 Å². The van der Waals surface area contributed by atoms with Gasteiger partial charge in [0.2, 0.25) is 0 Å². The molecular formula is C18H21ClN4O3. The number of carbonyl (C=O) groups excluding carboxylic acids is 1. The first-order valence-electron chi connectivity index (χ1n) is 8.84. The minimum atomic E-state index is -0.113. The van der Waals surface area contributed by atoms with E-state index in [0.29, 0.717) is 48.6 Å². The van der Waals surface area contributed by atoms with Gasteiger partial charge in [0.15, 0.2) is 12.0 Å². The molecule has 0 spiro atoms. The molecule has 0 aliphatic carbocycles. The van der Waals surface area contributed by atoms with Crippen LogP contribution in [0.4, 0.5) is 0 Å². The number of nitrogens with zero attached hydrogens (tertiary/aromatic N) is 4. The molecule has 0 radical (unpaired) electrons. The molecule has 2 aromatic rings. The zero-order valence-corrected chi connectivity index (χ0v) is 15.4.